The highest BCUT2D eigenvalue weighted by molar-refractivity contribution is 5.96. The van der Waals surface area contributed by atoms with Crippen LogP contribution in [0, 0.1) is 23.2 Å². The average molecular weight is 509 g/mol. The summed E-state index contributed by atoms with van der Waals surface area (Å²) in [5.74, 6) is 6.63. The second-order valence-electron chi connectivity index (χ2n) is 10.5. The Hall–Kier alpha value is -3.94. The number of nitriles is 1. The number of hydrogen-bond acceptors (Lipinski definition) is 4. The molecule has 0 spiro atoms. The van der Waals surface area contributed by atoms with Gasteiger partial charge in [0.15, 0.2) is 6.07 Å². The lowest BCUT2D eigenvalue weighted by Gasteiger charge is -2.30. The number of fused-ring (bicyclic) bond motifs is 1. The van der Waals surface area contributed by atoms with Crippen LogP contribution in [0.3, 0.4) is 0 Å². The number of carbonyl (C=O) groups is 1. The summed E-state index contributed by atoms with van der Waals surface area (Å²) in [5.41, 5.74) is 4.70. The number of anilines is 1. The highest BCUT2D eigenvalue weighted by atomic mass is 16.5. The third-order valence-electron chi connectivity index (χ3n) is 7.99. The van der Waals surface area contributed by atoms with Gasteiger partial charge in [0.05, 0.1) is 30.0 Å². The van der Waals surface area contributed by atoms with Crippen molar-refractivity contribution < 1.29 is 14.3 Å². The molecule has 3 fully saturated rings. The molecular weight excluding hydrogens is 476 g/mol. The molecule has 194 valence electrons. The molecule has 3 aromatic rings. The Morgan fingerprint density at radius 1 is 1.00 bits per heavy atom. The summed E-state index contributed by atoms with van der Waals surface area (Å²) in [5, 5.41) is 16.2. The lowest BCUT2D eigenvalue weighted by molar-refractivity contribution is 0.0256. The largest absolute Gasteiger partial charge is 0.490 e. The Morgan fingerprint density at radius 3 is 2.42 bits per heavy atom. The van der Waals surface area contributed by atoms with Crippen LogP contribution < -0.4 is 15.4 Å². The second kappa shape index (κ2) is 10.8. The summed E-state index contributed by atoms with van der Waals surface area (Å²) >= 11 is 0. The first-order chi connectivity index (χ1) is 18.7. The molecule has 0 unspecified atom stereocenters. The smallest absolute Gasteiger partial charge is 0.319 e. The molecule has 1 saturated heterocycles. The van der Waals surface area contributed by atoms with Gasteiger partial charge >= 0.3 is 6.03 Å². The van der Waals surface area contributed by atoms with Crippen molar-refractivity contribution in [2.45, 2.75) is 69.6 Å². The van der Waals surface area contributed by atoms with Crippen molar-refractivity contribution in [3.05, 3.63) is 48.0 Å². The molecule has 0 radical (unpaired) electrons. The number of ether oxygens (including phenoxy) is 2. The quantitative estimate of drug-likeness (QED) is 0.392. The van der Waals surface area contributed by atoms with Crippen molar-refractivity contribution in [1.82, 2.24) is 9.88 Å². The Bertz CT molecular complexity index is 1430. The molecule has 6 rings (SSSR count). The van der Waals surface area contributed by atoms with Gasteiger partial charge in [-0.1, -0.05) is 12.1 Å². The van der Waals surface area contributed by atoms with E-state index in [0.29, 0.717) is 6.04 Å². The van der Waals surface area contributed by atoms with Gasteiger partial charge < -0.3 is 24.7 Å². The van der Waals surface area contributed by atoms with Gasteiger partial charge in [-0.2, -0.15) is 5.26 Å². The summed E-state index contributed by atoms with van der Waals surface area (Å²) in [6.45, 7) is 1.47. The summed E-state index contributed by atoms with van der Waals surface area (Å²) in [6.07, 6.45) is 8.62. The maximum absolute atomic E-state index is 12.3. The summed E-state index contributed by atoms with van der Waals surface area (Å²) < 4.78 is 14.2. The van der Waals surface area contributed by atoms with E-state index in [1.165, 1.54) is 12.8 Å². The standard InChI is InChI=1S/C31H32N4O3/c32-17-3-8-28-27-14-13-26(38-25-15-18-37-19-16-25)20-29(27)35(24-6-2-7-24)30(28)21-9-11-23(12-10-21)34-31(36)33-22-4-1-5-22/h9-14,20,22,24-25H,1-2,4-7,15-16,18-19H2,(H2,33,34,36). The molecule has 2 aliphatic carbocycles. The second-order valence-corrected chi connectivity index (χ2v) is 10.5. The number of amides is 2. The molecule has 0 bridgehead atoms. The molecule has 7 heteroatoms. The maximum atomic E-state index is 12.3. The van der Waals surface area contributed by atoms with E-state index in [-0.39, 0.29) is 18.2 Å². The first-order valence-corrected chi connectivity index (χ1v) is 13.7. The fourth-order valence-electron chi connectivity index (χ4n) is 5.49. The zero-order chi connectivity index (χ0) is 25.9. The number of carbonyl (C=O) groups excluding carboxylic acids is 1. The Kier molecular flexibility index (Phi) is 6.94. The van der Waals surface area contributed by atoms with Crippen molar-refractivity contribution in [3.63, 3.8) is 0 Å². The van der Waals surface area contributed by atoms with E-state index < -0.39 is 0 Å². The zero-order valence-electron chi connectivity index (χ0n) is 21.5. The molecule has 2 saturated carbocycles. The zero-order valence-corrected chi connectivity index (χ0v) is 21.5. The van der Waals surface area contributed by atoms with E-state index in [0.717, 1.165) is 90.9 Å². The Balaban J connectivity index is 1.37. The van der Waals surface area contributed by atoms with Crippen LogP contribution in [0.5, 0.6) is 5.75 Å². The maximum Gasteiger partial charge on any atom is 0.319 e. The molecule has 3 aliphatic rings. The fraction of sp³-hybridized carbons (Fsp3) is 0.419. The van der Waals surface area contributed by atoms with Gasteiger partial charge in [-0.05, 0) is 74.3 Å². The van der Waals surface area contributed by atoms with E-state index >= 15 is 0 Å². The topological polar surface area (TPSA) is 88.3 Å². The van der Waals surface area contributed by atoms with Crippen LogP contribution in [-0.2, 0) is 4.74 Å². The fourth-order valence-corrected chi connectivity index (χ4v) is 5.49. The van der Waals surface area contributed by atoms with Crippen LogP contribution in [0.4, 0.5) is 10.5 Å². The molecule has 7 nitrogen and oxygen atoms in total. The summed E-state index contributed by atoms with van der Waals surface area (Å²) in [6, 6.07) is 16.6. The SMILES string of the molecule is N#CC#Cc1c(-c2ccc(NC(=O)NC3CCC3)cc2)n(C2CCC2)c2cc(OC3CCOCC3)ccc12. The molecule has 38 heavy (non-hydrogen) atoms. The first kappa shape index (κ1) is 24.4. The van der Waals surface area contributed by atoms with E-state index in [2.05, 4.69) is 39.2 Å². The van der Waals surface area contributed by atoms with Crippen LogP contribution in [-0.4, -0.2) is 36.0 Å². The number of rotatable bonds is 6. The van der Waals surface area contributed by atoms with E-state index in [9.17, 15) is 10.1 Å². The number of benzene rings is 2. The van der Waals surface area contributed by atoms with Crippen molar-refractivity contribution in [2.75, 3.05) is 18.5 Å². The van der Waals surface area contributed by atoms with Crippen LogP contribution in [0.1, 0.15) is 63.0 Å². The minimum Gasteiger partial charge on any atom is -0.490 e. The molecule has 2 amide bonds. The molecule has 1 aliphatic heterocycles. The van der Waals surface area contributed by atoms with Crippen molar-refractivity contribution >= 4 is 22.6 Å². The number of urea groups is 1. The van der Waals surface area contributed by atoms with Gasteiger partial charge in [0.2, 0.25) is 0 Å². The van der Waals surface area contributed by atoms with E-state index in [1.54, 1.807) is 0 Å². The van der Waals surface area contributed by atoms with E-state index in [4.69, 9.17) is 9.47 Å². The molecule has 0 atom stereocenters. The van der Waals surface area contributed by atoms with Crippen LogP contribution >= 0.6 is 0 Å². The van der Waals surface area contributed by atoms with Gasteiger partial charge in [0.25, 0.3) is 0 Å². The molecule has 1 aromatic heterocycles. The van der Waals surface area contributed by atoms with Gasteiger partial charge in [-0.3, -0.25) is 0 Å². The Labute approximate surface area is 223 Å². The normalized spacial score (nSPS) is 18.0. The van der Waals surface area contributed by atoms with Crippen molar-refractivity contribution in [2.24, 2.45) is 0 Å². The van der Waals surface area contributed by atoms with Crippen LogP contribution in [0.25, 0.3) is 22.2 Å². The lowest BCUT2D eigenvalue weighted by atomic mass is 9.92. The van der Waals surface area contributed by atoms with Crippen LogP contribution in [0.15, 0.2) is 42.5 Å². The summed E-state index contributed by atoms with van der Waals surface area (Å²) in [4.78, 5) is 12.3. The third kappa shape index (κ3) is 4.95. The number of hydrogen-bond donors (Lipinski definition) is 2. The number of nitrogens with zero attached hydrogens (tertiary/aromatic N) is 2. The minimum absolute atomic E-state index is 0.159. The highest BCUT2D eigenvalue weighted by Gasteiger charge is 2.28. The predicted octanol–water partition coefficient (Wildman–Crippen LogP) is 6.14. The van der Waals surface area contributed by atoms with Gasteiger partial charge in [0.1, 0.15) is 11.9 Å². The van der Waals surface area contributed by atoms with Crippen LogP contribution in [0.2, 0.25) is 0 Å². The third-order valence-corrected chi connectivity index (χ3v) is 7.99. The molecule has 2 aromatic carbocycles. The number of aromatic nitrogens is 1. The van der Waals surface area contributed by atoms with Gasteiger partial charge in [0, 0.05) is 48.0 Å². The average Bonchev–Trinajstić information content (AvgIpc) is 3.18. The van der Waals surface area contributed by atoms with Gasteiger partial charge in [-0.25, -0.2) is 4.79 Å². The first-order valence-electron chi connectivity index (χ1n) is 13.7. The van der Waals surface area contributed by atoms with E-state index in [1.807, 2.05) is 36.4 Å². The molecular formula is C31H32N4O3. The monoisotopic (exact) mass is 508 g/mol. The predicted molar refractivity (Wildman–Crippen MR) is 147 cm³/mol. The summed E-state index contributed by atoms with van der Waals surface area (Å²) in [7, 11) is 0. The number of nitrogens with one attached hydrogen (secondary N) is 2. The highest BCUT2D eigenvalue weighted by Crippen LogP contribution is 2.43. The van der Waals surface area contributed by atoms with Gasteiger partial charge in [-0.15, -0.1) is 0 Å². The minimum atomic E-state index is -0.163. The lowest BCUT2D eigenvalue weighted by Crippen LogP contribution is -2.41. The Morgan fingerprint density at radius 2 is 1.76 bits per heavy atom. The molecule has 2 N–H and O–H groups in total. The molecule has 2 heterocycles. The van der Waals surface area contributed by atoms with Crippen molar-refractivity contribution in [1.29, 1.82) is 5.26 Å². The van der Waals surface area contributed by atoms with Crippen molar-refractivity contribution in [3.8, 4) is 34.9 Å².